The SMILES string of the molecule is CCN(c1ccc(C)cc1)c1c(F)cc(C(=O)O)cc1F. The fraction of sp³-hybridized carbons (Fsp3) is 0.188. The van der Waals surface area contributed by atoms with Gasteiger partial charge < -0.3 is 10.0 Å². The molecule has 5 heteroatoms. The third-order valence-electron chi connectivity index (χ3n) is 3.20. The van der Waals surface area contributed by atoms with E-state index in [-0.39, 0.29) is 5.69 Å². The molecule has 0 fully saturated rings. The van der Waals surface area contributed by atoms with Crippen LogP contribution in [0.3, 0.4) is 0 Å². The van der Waals surface area contributed by atoms with Crippen molar-refractivity contribution in [3.05, 3.63) is 59.2 Å². The molecule has 0 amide bonds. The highest BCUT2D eigenvalue weighted by Gasteiger charge is 2.20. The highest BCUT2D eigenvalue weighted by Crippen LogP contribution is 2.31. The summed E-state index contributed by atoms with van der Waals surface area (Å²) < 4.78 is 28.3. The van der Waals surface area contributed by atoms with Crippen molar-refractivity contribution in [3.8, 4) is 0 Å². The lowest BCUT2D eigenvalue weighted by molar-refractivity contribution is 0.0696. The van der Waals surface area contributed by atoms with E-state index in [0.29, 0.717) is 12.2 Å². The van der Waals surface area contributed by atoms with Gasteiger partial charge in [-0.1, -0.05) is 17.7 Å². The molecule has 0 unspecified atom stereocenters. The Balaban J connectivity index is 2.52. The van der Waals surface area contributed by atoms with Crippen LogP contribution in [0.2, 0.25) is 0 Å². The standard InChI is InChI=1S/C16H15F2NO2/c1-3-19(12-6-4-10(2)5-7-12)15-13(17)8-11(16(20)21)9-14(15)18/h4-9H,3H2,1-2H3,(H,20,21). The van der Waals surface area contributed by atoms with Crippen LogP contribution in [0.4, 0.5) is 20.2 Å². The van der Waals surface area contributed by atoms with Crippen molar-refractivity contribution >= 4 is 17.3 Å². The molecule has 21 heavy (non-hydrogen) atoms. The Bertz CT molecular complexity index is 645. The predicted molar refractivity (Wildman–Crippen MR) is 77.2 cm³/mol. The van der Waals surface area contributed by atoms with Gasteiger partial charge in [-0.25, -0.2) is 13.6 Å². The van der Waals surface area contributed by atoms with Crippen molar-refractivity contribution in [1.29, 1.82) is 0 Å². The average Bonchev–Trinajstić information content (AvgIpc) is 2.43. The number of nitrogens with zero attached hydrogens (tertiary/aromatic N) is 1. The van der Waals surface area contributed by atoms with Crippen molar-refractivity contribution in [2.75, 3.05) is 11.4 Å². The molecule has 0 spiro atoms. The fourth-order valence-corrected chi connectivity index (χ4v) is 2.14. The van der Waals surface area contributed by atoms with Crippen molar-refractivity contribution in [2.24, 2.45) is 0 Å². The average molecular weight is 291 g/mol. The Morgan fingerprint density at radius 1 is 1.14 bits per heavy atom. The van der Waals surface area contributed by atoms with Crippen LogP contribution in [0.15, 0.2) is 36.4 Å². The van der Waals surface area contributed by atoms with Gasteiger partial charge in [0.1, 0.15) is 5.69 Å². The first-order valence-electron chi connectivity index (χ1n) is 6.50. The third-order valence-corrected chi connectivity index (χ3v) is 3.20. The molecule has 2 aromatic rings. The molecule has 0 radical (unpaired) electrons. The van der Waals surface area contributed by atoms with E-state index in [1.165, 1.54) is 4.90 Å². The van der Waals surface area contributed by atoms with Crippen molar-refractivity contribution in [2.45, 2.75) is 13.8 Å². The molecule has 0 heterocycles. The minimum Gasteiger partial charge on any atom is -0.478 e. The number of halogens is 2. The zero-order valence-corrected chi connectivity index (χ0v) is 11.7. The molecular formula is C16H15F2NO2. The molecule has 0 aliphatic rings. The van der Waals surface area contributed by atoms with Gasteiger partial charge in [0.25, 0.3) is 0 Å². The first kappa shape index (κ1) is 15.0. The minimum atomic E-state index is -1.36. The van der Waals surface area contributed by atoms with Gasteiger partial charge in [-0.15, -0.1) is 0 Å². The lowest BCUT2D eigenvalue weighted by Gasteiger charge is -2.24. The maximum Gasteiger partial charge on any atom is 0.335 e. The first-order valence-corrected chi connectivity index (χ1v) is 6.50. The summed E-state index contributed by atoms with van der Waals surface area (Å²) in [5.41, 5.74) is 1.03. The monoisotopic (exact) mass is 291 g/mol. The van der Waals surface area contributed by atoms with Crippen LogP contribution in [0.5, 0.6) is 0 Å². The number of carbonyl (C=O) groups is 1. The number of rotatable bonds is 4. The van der Waals surface area contributed by atoms with Gasteiger partial charge in [-0.2, -0.15) is 0 Å². The number of aryl methyl sites for hydroxylation is 1. The van der Waals surface area contributed by atoms with Crippen LogP contribution in [-0.4, -0.2) is 17.6 Å². The van der Waals surface area contributed by atoms with Gasteiger partial charge in [-0.05, 0) is 38.1 Å². The second kappa shape index (κ2) is 5.91. The molecule has 2 rings (SSSR count). The highest BCUT2D eigenvalue weighted by molar-refractivity contribution is 5.88. The van der Waals surface area contributed by atoms with Crippen molar-refractivity contribution < 1.29 is 18.7 Å². The number of carboxylic acid groups (broad SMARTS) is 1. The molecule has 0 aromatic heterocycles. The Morgan fingerprint density at radius 3 is 2.10 bits per heavy atom. The van der Waals surface area contributed by atoms with Crippen LogP contribution in [-0.2, 0) is 0 Å². The summed E-state index contributed by atoms with van der Waals surface area (Å²) >= 11 is 0. The first-order chi connectivity index (χ1) is 9.93. The Labute approximate surface area is 121 Å². The van der Waals surface area contributed by atoms with Gasteiger partial charge in [0.2, 0.25) is 0 Å². The largest absolute Gasteiger partial charge is 0.478 e. The van der Waals surface area contributed by atoms with Crippen molar-refractivity contribution in [3.63, 3.8) is 0 Å². The van der Waals surface area contributed by atoms with E-state index in [1.807, 2.05) is 19.1 Å². The van der Waals surface area contributed by atoms with E-state index < -0.39 is 23.2 Å². The Hall–Kier alpha value is -2.43. The fourth-order valence-electron chi connectivity index (χ4n) is 2.14. The second-order valence-corrected chi connectivity index (χ2v) is 4.67. The molecular weight excluding hydrogens is 276 g/mol. The molecule has 0 atom stereocenters. The molecule has 0 aliphatic carbocycles. The maximum absolute atomic E-state index is 14.1. The quantitative estimate of drug-likeness (QED) is 0.920. The van der Waals surface area contributed by atoms with Gasteiger partial charge in [0.15, 0.2) is 11.6 Å². The minimum absolute atomic E-state index is 0.244. The second-order valence-electron chi connectivity index (χ2n) is 4.67. The number of aromatic carboxylic acids is 1. The number of hydrogen-bond acceptors (Lipinski definition) is 2. The summed E-state index contributed by atoms with van der Waals surface area (Å²) in [6, 6.07) is 8.89. The zero-order chi connectivity index (χ0) is 15.6. The van der Waals surface area contributed by atoms with Crippen LogP contribution in [0, 0.1) is 18.6 Å². The maximum atomic E-state index is 14.1. The summed E-state index contributed by atoms with van der Waals surface area (Å²) in [5.74, 6) is -3.15. The van der Waals surface area contributed by atoms with Gasteiger partial charge in [0.05, 0.1) is 5.56 Å². The van der Waals surface area contributed by atoms with E-state index in [2.05, 4.69) is 0 Å². The lowest BCUT2D eigenvalue weighted by Crippen LogP contribution is -2.19. The van der Waals surface area contributed by atoms with Gasteiger partial charge in [-0.3, -0.25) is 0 Å². The Morgan fingerprint density at radius 2 is 1.67 bits per heavy atom. The summed E-state index contributed by atoms with van der Waals surface area (Å²) in [6.07, 6.45) is 0. The van der Waals surface area contributed by atoms with Gasteiger partial charge >= 0.3 is 5.97 Å². The molecule has 1 N–H and O–H groups in total. The number of hydrogen-bond donors (Lipinski definition) is 1. The molecule has 0 bridgehead atoms. The molecule has 3 nitrogen and oxygen atoms in total. The Kier molecular flexibility index (Phi) is 4.21. The van der Waals surface area contributed by atoms with E-state index in [9.17, 15) is 13.6 Å². The smallest absolute Gasteiger partial charge is 0.335 e. The summed E-state index contributed by atoms with van der Waals surface area (Å²) in [4.78, 5) is 12.3. The summed E-state index contributed by atoms with van der Waals surface area (Å²) in [5, 5.41) is 8.82. The van der Waals surface area contributed by atoms with Crippen LogP contribution >= 0.6 is 0 Å². The number of anilines is 2. The zero-order valence-electron chi connectivity index (χ0n) is 11.7. The van der Waals surface area contributed by atoms with Crippen LogP contribution < -0.4 is 4.90 Å². The van der Waals surface area contributed by atoms with Gasteiger partial charge in [0, 0.05) is 12.2 Å². The third kappa shape index (κ3) is 3.02. The molecule has 110 valence electrons. The van der Waals surface area contributed by atoms with Crippen LogP contribution in [0.25, 0.3) is 0 Å². The van der Waals surface area contributed by atoms with Crippen LogP contribution in [0.1, 0.15) is 22.8 Å². The summed E-state index contributed by atoms with van der Waals surface area (Å²) in [6.45, 7) is 4.04. The molecule has 2 aromatic carbocycles. The normalized spacial score (nSPS) is 10.5. The topological polar surface area (TPSA) is 40.5 Å². The van der Waals surface area contributed by atoms with E-state index in [0.717, 1.165) is 17.7 Å². The molecule has 0 saturated heterocycles. The summed E-state index contributed by atoms with van der Waals surface area (Å²) in [7, 11) is 0. The predicted octanol–water partition coefficient (Wildman–Crippen LogP) is 4.13. The van der Waals surface area contributed by atoms with E-state index in [1.54, 1.807) is 19.1 Å². The van der Waals surface area contributed by atoms with E-state index in [4.69, 9.17) is 5.11 Å². The highest BCUT2D eigenvalue weighted by atomic mass is 19.1. The number of carboxylic acids is 1. The number of benzene rings is 2. The molecule has 0 aliphatic heterocycles. The van der Waals surface area contributed by atoms with E-state index >= 15 is 0 Å². The van der Waals surface area contributed by atoms with Crippen molar-refractivity contribution in [1.82, 2.24) is 0 Å². The lowest BCUT2D eigenvalue weighted by atomic mass is 10.1. The molecule has 0 saturated carbocycles.